The van der Waals surface area contributed by atoms with Crippen molar-refractivity contribution in [2.75, 3.05) is 7.05 Å². The first kappa shape index (κ1) is 23.1. The molecular weight excluding hydrogens is 435 g/mol. The SMILES string of the molecule is CCn1nccc(-c2ccc(C)c(CC(=O)C3=CN(C)C(=O)N[C@H]3c3ccc(F)cc3)c2)c1=O. The van der Waals surface area contributed by atoms with Crippen molar-refractivity contribution in [1.82, 2.24) is 20.0 Å². The first-order valence-electron chi connectivity index (χ1n) is 11.0. The highest BCUT2D eigenvalue weighted by Crippen LogP contribution is 2.28. The second-order valence-electron chi connectivity index (χ2n) is 8.24. The Balaban J connectivity index is 1.68. The zero-order chi connectivity index (χ0) is 24.4. The van der Waals surface area contributed by atoms with Gasteiger partial charge in [-0.25, -0.2) is 13.9 Å². The number of carbonyl (C=O) groups excluding carboxylic acids is 2. The molecule has 2 heterocycles. The van der Waals surface area contributed by atoms with Crippen LogP contribution in [0, 0.1) is 12.7 Å². The van der Waals surface area contributed by atoms with Gasteiger partial charge < -0.3 is 10.2 Å². The quantitative estimate of drug-likeness (QED) is 0.607. The van der Waals surface area contributed by atoms with Crippen LogP contribution in [-0.2, 0) is 17.8 Å². The number of nitrogens with zero attached hydrogens (tertiary/aromatic N) is 3. The van der Waals surface area contributed by atoms with Crippen molar-refractivity contribution in [2.24, 2.45) is 0 Å². The molecule has 1 aliphatic rings. The summed E-state index contributed by atoms with van der Waals surface area (Å²) in [5.74, 6) is -0.576. The highest BCUT2D eigenvalue weighted by Gasteiger charge is 2.30. The van der Waals surface area contributed by atoms with Gasteiger partial charge in [-0.15, -0.1) is 0 Å². The molecule has 7 nitrogen and oxygen atoms in total. The molecule has 34 heavy (non-hydrogen) atoms. The molecule has 0 fully saturated rings. The number of carbonyl (C=O) groups is 2. The lowest BCUT2D eigenvalue weighted by atomic mass is 9.90. The smallest absolute Gasteiger partial charge is 0.321 e. The van der Waals surface area contributed by atoms with E-state index in [9.17, 15) is 18.8 Å². The third kappa shape index (κ3) is 4.52. The van der Waals surface area contributed by atoms with Gasteiger partial charge in [-0.05, 0) is 54.3 Å². The Bertz CT molecular complexity index is 1340. The number of hydrogen-bond acceptors (Lipinski definition) is 4. The minimum Gasteiger partial charge on any atom is -0.327 e. The molecule has 0 unspecified atom stereocenters. The number of nitrogens with one attached hydrogen (secondary N) is 1. The van der Waals surface area contributed by atoms with Crippen LogP contribution in [0.15, 0.2) is 71.3 Å². The molecule has 4 rings (SSSR count). The summed E-state index contributed by atoms with van der Waals surface area (Å²) in [5.41, 5.74) is 3.73. The normalized spacial score (nSPS) is 15.6. The van der Waals surface area contributed by atoms with Crippen molar-refractivity contribution in [2.45, 2.75) is 32.9 Å². The molecule has 174 valence electrons. The summed E-state index contributed by atoms with van der Waals surface area (Å²) in [6, 6.07) is 11.9. The molecule has 0 bridgehead atoms. The van der Waals surface area contributed by atoms with E-state index in [-0.39, 0.29) is 23.8 Å². The third-order valence-corrected chi connectivity index (χ3v) is 5.98. The lowest BCUT2D eigenvalue weighted by Gasteiger charge is -2.30. The Morgan fingerprint density at radius 1 is 1.12 bits per heavy atom. The van der Waals surface area contributed by atoms with Crippen molar-refractivity contribution < 1.29 is 14.0 Å². The molecular formula is C26H25FN4O3. The van der Waals surface area contributed by atoms with E-state index in [0.717, 1.165) is 11.1 Å². The van der Waals surface area contributed by atoms with Gasteiger partial charge >= 0.3 is 6.03 Å². The summed E-state index contributed by atoms with van der Waals surface area (Å²) in [5, 5.41) is 6.88. The number of aromatic nitrogens is 2. The van der Waals surface area contributed by atoms with E-state index >= 15 is 0 Å². The topological polar surface area (TPSA) is 84.3 Å². The van der Waals surface area contributed by atoms with Gasteiger partial charge in [0.1, 0.15) is 5.82 Å². The number of halogens is 1. The zero-order valence-corrected chi connectivity index (χ0v) is 19.2. The molecule has 0 aliphatic carbocycles. The number of urea groups is 1. The molecule has 1 aromatic heterocycles. The predicted octanol–water partition coefficient (Wildman–Crippen LogP) is 3.77. The maximum atomic E-state index is 13.4. The summed E-state index contributed by atoms with van der Waals surface area (Å²) in [6.07, 6.45) is 3.20. The van der Waals surface area contributed by atoms with E-state index in [1.807, 2.05) is 32.0 Å². The van der Waals surface area contributed by atoms with Gasteiger partial charge in [0.25, 0.3) is 5.56 Å². The van der Waals surface area contributed by atoms with Crippen LogP contribution in [-0.4, -0.2) is 33.5 Å². The monoisotopic (exact) mass is 460 g/mol. The summed E-state index contributed by atoms with van der Waals surface area (Å²) >= 11 is 0. The maximum absolute atomic E-state index is 13.4. The van der Waals surface area contributed by atoms with Gasteiger partial charge in [0.2, 0.25) is 0 Å². The Morgan fingerprint density at radius 3 is 2.56 bits per heavy atom. The molecule has 0 saturated carbocycles. The Labute approximate surface area is 196 Å². The summed E-state index contributed by atoms with van der Waals surface area (Å²) < 4.78 is 14.8. The van der Waals surface area contributed by atoms with E-state index in [1.54, 1.807) is 31.4 Å². The van der Waals surface area contributed by atoms with E-state index in [1.165, 1.54) is 27.9 Å². The molecule has 1 atom stereocenters. The molecule has 0 spiro atoms. The summed E-state index contributed by atoms with van der Waals surface area (Å²) in [7, 11) is 1.57. The van der Waals surface area contributed by atoms with Crippen molar-refractivity contribution in [3.05, 3.63) is 99.4 Å². The van der Waals surface area contributed by atoms with E-state index in [0.29, 0.717) is 28.8 Å². The van der Waals surface area contributed by atoms with Crippen molar-refractivity contribution in [3.63, 3.8) is 0 Å². The van der Waals surface area contributed by atoms with Gasteiger partial charge in [-0.2, -0.15) is 5.10 Å². The average molecular weight is 461 g/mol. The second-order valence-corrected chi connectivity index (χ2v) is 8.24. The highest BCUT2D eigenvalue weighted by molar-refractivity contribution is 6.00. The van der Waals surface area contributed by atoms with Gasteiger partial charge in [0.15, 0.2) is 5.78 Å². The molecule has 8 heteroatoms. The molecule has 2 aromatic carbocycles. The number of aryl methyl sites for hydroxylation is 2. The maximum Gasteiger partial charge on any atom is 0.321 e. The molecule has 0 saturated heterocycles. The van der Waals surface area contributed by atoms with Crippen LogP contribution in [0.4, 0.5) is 9.18 Å². The van der Waals surface area contributed by atoms with Crippen LogP contribution >= 0.6 is 0 Å². The fourth-order valence-corrected chi connectivity index (χ4v) is 4.00. The third-order valence-electron chi connectivity index (χ3n) is 5.98. The number of amides is 2. The van der Waals surface area contributed by atoms with Crippen LogP contribution < -0.4 is 10.9 Å². The molecule has 3 aromatic rings. The number of rotatable bonds is 6. The van der Waals surface area contributed by atoms with Gasteiger partial charge in [-0.3, -0.25) is 9.59 Å². The lowest BCUT2D eigenvalue weighted by molar-refractivity contribution is -0.115. The first-order chi connectivity index (χ1) is 16.3. The standard InChI is InChI=1S/C26H25FN4O3/c1-4-31-25(33)21(11-12-28-31)18-6-5-16(2)19(13-18)14-23(32)22-15-30(3)26(34)29-24(22)17-7-9-20(27)10-8-17/h5-13,15,24H,4,14H2,1-3H3,(H,29,34)/t24-/m0/s1. The van der Waals surface area contributed by atoms with Crippen LogP contribution in [0.2, 0.25) is 0 Å². The minimum absolute atomic E-state index is 0.0833. The van der Waals surface area contributed by atoms with Crippen LogP contribution in [0.3, 0.4) is 0 Å². The van der Waals surface area contributed by atoms with Crippen molar-refractivity contribution in [3.8, 4) is 11.1 Å². The molecule has 1 N–H and O–H groups in total. The largest absolute Gasteiger partial charge is 0.327 e. The number of Topliss-reactive ketones (excluding diaryl/α,β-unsaturated/α-hetero) is 1. The molecule has 0 radical (unpaired) electrons. The minimum atomic E-state index is -0.683. The van der Waals surface area contributed by atoms with Gasteiger partial charge in [0.05, 0.1) is 11.6 Å². The van der Waals surface area contributed by atoms with Crippen LogP contribution in [0.1, 0.15) is 29.7 Å². The first-order valence-corrected chi connectivity index (χ1v) is 11.0. The Morgan fingerprint density at radius 2 is 1.85 bits per heavy atom. The summed E-state index contributed by atoms with van der Waals surface area (Å²) in [6.45, 7) is 4.22. The average Bonchev–Trinajstić information content (AvgIpc) is 2.82. The second kappa shape index (κ2) is 9.43. The van der Waals surface area contributed by atoms with E-state index < -0.39 is 11.9 Å². The van der Waals surface area contributed by atoms with Crippen molar-refractivity contribution in [1.29, 1.82) is 0 Å². The Hall–Kier alpha value is -4.07. The van der Waals surface area contributed by atoms with Crippen LogP contribution in [0.25, 0.3) is 11.1 Å². The fourth-order valence-electron chi connectivity index (χ4n) is 4.00. The Kier molecular flexibility index (Phi) is 6.40. The predicted molar refractivity (Wildman–Crippen MR) is 127 cm³/mol. The van der Waals surface area contributed by atoms with Crippen molar-refractivity contribution >= 4 is 11.8 Å². The number of ketones is 1. The summed E-state index contributed by atoms with van der Waals surface area (Å²) in [4.78, 5) is 39.7. The highest BCUT2D eigenvalue weighted by atomic mass is 19.1. The molecule has 2 amide bonds. The number of hydrogen-bond donors (Lipinski definition) is 1. The number of benzene rings is 2. The van der Waals surface area contributed by atoms with E-state index in [4.69, 9.17) is 0 Å². The zero-order valence-electron chi connectivity index (χ0n) is 19.2. The van der Waals surface area contributed by atoms with E-state index in [2.05, 4.69) is 10.4 Å². The molecule has 1 aliphatic heterocycles. The van der Waals surface area contributed by atoms with Gasteiger partial charge in [-0.1, -0.05) is 30.3 Å². The van der Waals surface area contributed by atoms with Crippen LogP contribution in [0.5, 0.6) is 0 Å². The fraction of sp³-hybridized carbons (Fsp3) is 0.231. The van der Waals surface area contributed by atoms with Gasteiger partial charge in [0, 0.05) is 38.0 Å². The lowest BCUT2D eigenvalue weighted by Crippen LogP contribution is -2.43.